The normalized spacial score (nSPS) is 11.3. The van der Waals surface area contributed by atoms with Crippen molar-refractivity contribution in [3.05, 3.63) is 25.3 Å². The van der Waals surface area contributed by atoms with Crippen LogP contribution in [-0.4, -0.2) is 11.7 Å². The Balaban J connectivity index is 4.03. The maximum atomic E-state index is 9.52. The third-order valence-electron chi connectivity index (χ3n) is 3.32. The zero-order chi connectivity index (χ0) is 11.6. The molecule has 0 aromatic heterocycles. The van der Waals surface area contributed by atoms with E-state index in [1.54, 1.807) is 0 Å². The summed E-state index contributed by atoms with van der Waals surface area (Å²) in [5.74, 6) is 0. The third-order valence-corrected chi connectivity index (χ3v) is 3.32. The van der Waals surface area contributed by atoms with E-state index in [2.05, 4.69) is 20.1 Å². The fourth-order valence-corrected chi connectivity index (χ4v) is 1.99. The molecular formula is C14H26O. The van der Waals surface area contributed by atoms with Crippen molar-refractivity contribution in [2.24, 2.45) is 5.41 Å². The molecule has 0 aromatic rings. The van der Waals surface area contributed by atoms with E-state index in [0.717, 1.165) is 44.9 Å². The molecule has 1 N–H and O–H groups in total. The quantitative estimate of drug-likeness (QED) is 0.425. The van der Waals surface area contributed by atoms with Gasteiger partial charge in [0.05, 0.1) is 0 Å². The van der Waals surface area contributed by atoms with Gasteiger partial charge in [-0.1, -0.05) is 19.1 Å². The van der Waals surface area contributed by atoms with E-state index < -0.39 is 0 Å². The Hall–Kier alpha value is -0.560. The van der Waals surface area contributed by atoms with Crippen molar-refractivity contribution in [1.82, 2.24) is 0 Å². The molecule has 0 heterocycles. The summed E-state index contributed by atoms with van der Waals surface area (Å²) in [6.07, 6.45) is 11.6. The average molecular weight is 210 g/mol. The predicted molar refractivity (Wildman–Crippen MR) is 67.9 cm³/mol. The molecule has 0 atom stereocenters. The van der Waals surface area contributed by atoms with Crippen LogP contribution < -0.4 is 0 Å². The Kier molecular flexibility index (Phi) is 8.40. The molecule has 0 aliphatic carbocycles. The Morgan fingerprint density at radius 2 is 1.53 bits per heavy atom. The van der Waals surface area contributed by atoms with Crippen molar-refractivity contribution < 1.29 is 5.11 Å². The van der Waals surface area contributed by atoms with Gasteiger partial charge in [-0.15, -0.1) is 13.2 Å². The standard InChI is InChI=1S/C14H26O/c1-4-7-9-11-14(6-3,13-15)12-10-8-5-2/h4-5,15H,1-2,6-13H2,3H3. The lowest BCUT2D eigenvalue weighted by Gasteiger charge is -2.30. The first-order valence-corrected chi connectivity index (χ1v) is 6.07. The van der Waals surface area contributed by atoms with E-state index in [0.29, 0.717) is 6.61 Å². The van der Waals surface area contributed by atoms with Crippen LogP contribution in [0.2, 0.25) is 0 Å². The molecule has 1 heteroatoms. The van der Waals surface area contributed by atoms with Crippen LogP contribution in [0.4, 0.5) is 0 Å². The van der Waals surface area contributed by atoms with Crippen LogP contribution in [0, 0.1) is 5.41 Å². The van der Waals surface area contributed by atoms with E-state index in [-0.39, 0.29) is 5.41 Å². The van der Waals surface area contributed by atoms with Gasteiger partial charge in [-0.3, -0.25) is 0 Å². The fourth-order valence-electron chi connectivity index (χ4n) is 1.99. The maximum Gasteiger partial charge on any atom is 0.0487 e. The fraction of sp³-hybridized carbons (Fsp3) is 0.714. The second kappa shape index (κ2) is 8.72. The molecule has 0 unspecified atom stereocenters. The largest absolute Gasteiger partial charge is 0.396 e. The van der Waals surface area contributed by atoms with E-state index in [4.69, 9.17) is 0 Å². The molecule has 88 valence electrons. The first-order chi connectivity index (χ1) is 7.24. The monoisotopic (exact) mass is 210 g/mol. The zero-order valence-corrected chi connectivity index (χ0v) is 10.2. The van der Waals surface area contributed by atoms with E-state index >= 15 is 0 Å². The molecular weight excluding hydrogens is 184 g/mol. The lowest BCUT2D eigenvalue weighted by molar-refractivity contribution is 0.0961. The summed E-state index contributed by atoms with van der Waals surface area (Å²) in [5.41, 5.74) is 0.145. The Morgan fingerprint density at radius 3 is 1.80 bits per heavy atom. The average Bonchev–Trinajstić information content (AvgIpc) is 2.28. The molecule has 0 saturated carbocycles. The smallest absolute Gasteiger partial charge is 0.0487 e. The number of unbranched alkanes of at least 4 members (excludes halogenated alkanes) is 2. The molecule has 0 rings (SSSR count). The minimum absolute atomic E-state index is 0.145. The Labute approximate surface area is 94.9 Å². The molecule has 0 fully saturated rings. The van der Waals surface area contributed by atoms with Crippen LogP contribution in [0.1, 0.15) is 51.9 Å². The highest BCUT2D eigenvalue weighted by atomic mass is 16.3. The van der Waals surface area contributed by atoms with E-state index in [9.17, 15) is 5.11 Å². The lowest BCUT2D eigenvalue weighted by Crippen LogP contribution is -2.24. The van der Waals surface area contributed by atoms with Gasteiger partial charge in [-0.2, -0.15) is 0 Å². The molecule has 0 bridgehead atoms. The summed E-state index contributed by atoms with van der Waals surface area (Å²) in [4.78, 5) is 0. The summed E-state index contributed by atoms with van der Waals surface area (Å²) in [7, 11) is 0. The van der Waals surface area contributed by atoms with Crippen LogP contribution in [0.5, 0.6) is 0 Å². The van der Waals surface area contributed by atoms with Gasteiger partial charge in [-0.25, -0.2) is 0 Å². The number of rotatable bonds is 10. The first kappa shape index (κ1) is 14.4. The summed E-state index contributed by atoms with van der Waals surface area (Å²) >= 11 is 0. The SMILES string of the molecule is C=CCCCC(CC)(CO)CCCC=C. The molecule has 0 aliphatic rings. The van der Waals surface area contributed by atoms with Gasteiger partial charge in [0.25, 0.3) is 0 Å². The van der Waals surface area contributed by atoms with Gasteiger partial charge in [0, 0.05) is 6.61 Å². The highest BCUT2D eigenvalue weighted by molar-refractivity contribution is 4.80. The number of aliphatic hydroxyl groups is 1. The lowest BCUT2D eigenvalue weighted by atomic mass is 9.77. The van der Waals surface area contributed by atoms with Gasteiger partial charge >= 0.3 is 0 Å². The van der Waals surface area contributed by atoms with Gasteiger partial charge < -0.3 is 5.11 Å². The minimum atomic E-state index is 0.145. The molecule has 15 heavy (non-hydrogen) atoms. The number of hydrogen-bond acceptors (Lipinski definition) is 1. The van der Waals surface area contributed by atoms with Crippen LogP contribution in [0.3, 0.4) is 0 Å². The Morgan fingerprint density at radius 1 is 1.07 bits per heavy atom. The zero-order valence-electron chi connectivity index (χ0n) is 10.2. The first-order valence-electron chi connectivity index (χ1n) is 6.07. The summed E-state index contributed by atoms with van der Waals surface area (Å²) < 4.78 is 0. The van der Waals surface area contributed by atoms with Crippen molar-refractivity contribution in [1.29, 1.82) is 0 Å². The van der Waals surface area contributed by atoms with E-state index in [1.807, 2.05) is 12.2 Å². The Bertz CT molecular complexity index is 152. The van der Waals surface area contributed by atoms with Crippen LogP contribution in [0.25, 0.3) is 0 Å². The highest BCUT2D eigenvalue weighted by Gasteiger charge is 2.25. The minimum Gasteiger partial charge on any atom is -0.396 e. The molecule has 0 radical (unpaired) electrons. The van der Waals surface area contributed by atoms with Crippen LogP contribution in [-0.2, 0) is 0 Å². The number of allylic oxidation sites excluding steroid dienone is 2. The molecule has 0 amide bonds. The second-order valence-corrected chi connectivity index (χ2v) is 4.37. The van der Waals surface area contributed by atoms with Crippen molar-refractivity contribution >= 4 is 0 Å². The van der Waals surface area contributed by atoms with Gasteiger partial charge in [0.1, 0.15) is 0 Å². The van der Waals surface area contributed by atoms with Crippen molar-refractivity contribution in [3.63, 3.8) is 0 Å². The van der Waals surface area contributed by atoms with Gasteiger partial charge in [-0.05, 0) is 50.4 Å². The third kappa shape index (κ3) is 5.78. The van der Waals surface area contributed by atoms with Crippen molar-refractivity contribution in [3.8, 4) is 0 Å². The molecule has 0 spiro atoms. The van der Waals surface area contributed by atoms with Gasteiger partial charge in [0.2, 0.25) is 0 Å². The molecule has 0 saturated heterocycles. The topological polar surface area (TPSA) is 20.2 Å². The maximum absolute atomic E-state index is 9.52. The second-order valence-electron chi connectivity index (χ2n) is 4.37. The molecule has 0 aromatic carbocycles. The summed E-state index contributed by atoms with van der Waals surface area (Å²) in [5, 5.41) is 9.52. The van der Waals surface area contributed by atoms with E-state index in [1.165, 1.54) is 0 Å². The van der Waals surface area contributed by atoms with Crippen LogP contribution in [0.15, 0.2) is 25.3 Å². The number of hydrogen-bond donors (Lipinski definition) is 1. The van der Waals surface area contributed by atoms with Crippen LogP contribution >= 0.6 is 0 Å². The highest BCUT2D eigenvalue weighted by Crippen LogP contribution is 2.34. The van der Waals surface area contributed by atoms with Crippen molar-refractivity contribution in [2.45, 2.75) is 51.9 Å². The summed E-state index contributed by atoms with van der Waals surface area (Å²) in [6, 6.07) is 0. The summed E-state index contributed by atoms with van der Waals surface area (Å²) in [6.45, 7) is 9.96. The molecule has 0 aliphatic heterocycles. The van der Waals surface area contributed by atoms with Gasteiger partial charge in [0.15, 0.2) is 0 Å². The van der Waals surface area contributed by atoms with Crippen molar-refractivity contribution in [2.75, 3.05) is 6.61 Å². The molecule has 1 nitrogen and oxygen atoms in total. The number of aliphatic hydroxyl groups excluding tert-OH is 1. The predicted octanol–water partition coefficient (Wildman–Crippen LogP) is 4.09.